The lowest BCUT2D eigenvalue weighted by atomic mass is 9.94. The number of hydrogen-bond donors (Lipinski definition) is 2. The summed E-state index contributed by atoms with van der Waals surface area (Å²) in [7, 11) is 2.12. The largest absolute Gasteiger partial charge is 0.507 e. The van der Waals surface area contributed by atoms with Gasteiger partial charge in [0.15, 0.2) is 0 Å². The van der Waals surface area contributed by atoms with Gasteiger partial charge in [-0.05, 0) is 42.1 Å². The Labute approximate surface area is 178 Å². The van der Waals surface area contributed by atoms with Crippen LogP contribution in [-0.4, -0.2) is 35.1 Å². The molecule has 4 rings (SSSR count). The number of rotatable bonds is 5. The maximum Gasteiger partial charge on any atom is 0.266 e. The number of aromatic hydroxyl groups is 1. The molecule has 1 atom stereocenters. The summed E-state index contributed by atoms with van der Waals surface area (Å²) >= 11 is 7.74. The van der Waals surface area contributed by atoms with Crippen molar-refractivity contribution >= 4 is 43.9 Å². The monoisotopic (exact) mass is 426 g/mol. The summed E-state index contributed by atoms with van der Waals surface area (Å²) in [6.07, 6.45) is 0. The van der Waals surface area contributed by atoms with E-state index in [2.05, 4.69) is 42.9 Å². The quantitative estimate of drug-likeness (QED) is 0.422. The van der Waals surface area contributed by atoms with Gasteiger partial charge in [-0.25, -0.2) is 0 Å². The Bertz CT molecular complexity index is 1240. The zero-order valence-electron chi connectivity index (χ0n) is 16.6. The average molecular weight is 427 g/mol. The van der Waals surface area contributed by atoms with Gasteiger partial charge in [0.25, 0.3) is 5.56 Å². The van der Waals surface area contributed by atoms with Crippen molar-refractivity contribution in [2.45, 2.75) is 19.8 Å². The number of nitrogens with one attached hydrogen (secondary N) is 1. The van der Waals surface area contributed by atoms with Crippen LogP contribution >= 0.6 is 22.9 Å². The molecule has 2 aromatic carbocycles. The molecule has 0 aliphatic rings. The number of phenolic OH excluding ortho intramolecular Hbond substituents is 1. The van der Waals surface area contributed by atoms with Crippen LogP contribution in [-0.2, 0) is 0 Å². The van der Waals surface area contributed by atoms with E-state index in [1.807, 2.05) is 23.6 Å². The van der Waals surface area contributed by atoms with Gasteiger partial charge in [0.1, 0.15) is 10.4 Å². The molecule has 0 fully saturated rings. The highest BCUT2D eigenvalue weighted by Gasteiger charge is 2.18. The second-order valence-electron chi connectivity index (χ2n) is 7.50. The van der Waals surface area contributed by atoms with Crippen LogP contribution in [0.5, 0.6) is 5.75 Å². The van der Waals surface area contributed by atoms with E-state index in [1.165, 1.54) is 23.0 Å². The van der Waals surface area contributed by atoms with Crippen LogP contribution in [0.3, 0.4) is 0 Å². The number of aromatic amines is 1. The van der Waals surface area contributed by atoms with Crippen molar-refractivity contribution in [1.29, 1.82) is 0 Å². The first-order chi connectivity index (χ1) is 13.9. The van der Waals surface area contributed by atoms with Crippen LogP contribution in [0.2, 0.25) is 5.02 Å². The van der Waals surface area contributed by atoms with Crippen LogP contribution in [0, 0.1) is 0 Å². The third kappa shape index (κ3) is 3.54. The molecule has 4 nitrogen and oxygen atoms in total. The van der Waals surface area contributed by atoms with Crippen molar-refractivity contribution in [3.8, 4) is 16.9 Å². The number of phenols is 1. The van der Waals surface area contributed by atoms with Gasteiger partial charge in [0, 0.05) is 28.9 Å². The van der Waals surface area contributed by atoms with Crippen molar-refractivity contribution in [2.75, 3.05) is 20.1 Å². The summed E-state index contributed by atoms with van der Waals surface area (Å²) in [5, 5.41) is 14.6. The first-order valence-electron chi connectivity index (χ1n) is 9.64. The number of H-pyrrole nitrogens is 1. The molecule has 150 valence electrons. The molecule has 0 radical (unpaired) electrons. The topological polar surface area (TPSA) is 56.3 Å². The van der Waals surface area contributed by atoms with E-state index in [0.717, 1.165) is 29.4 Å². The fourth-order valence-corrected chi connectivity index (χ4v) is 4.89. The smallest absolute Gasteiger partial charge is 0.266 e. The zero-order chi connectivity index (χ0) is 20.7. The Morgan fingerprint density at radius 1 is 1.24 bits per heavy atom. The Morgan fingerprint density at radius 3 is 2.66 bits per heavy atom. The standard InChI is InChI=1S/C23H23ClN2O2S/c1-4-26(3)12-13(2)14-5-7-15(8-6-14)19-18(27)11-17(24)21-20(19)16-9-10-29-22(16)23(28)25-21/h5-11,13,27H,4,12H2,1-3H3,(H,25,28). The third-order valence-electron chi connectivity index (χ3n) is 5.53. The van der Waals surface area contributed by atoms with Gasteiger partial charge in [-0.2, -0.15) is 0 Å². The van der Waals surface area contributed by atoms with Crippen LogP contribution in [0.1, 0.15) is 25.3 Å². The predicted octanol–water partition coefficient (Wildman–Crippen LogP) is 5.82. The van der Waals surface area contributed by atoms with Crippen molar-refractivity contribution in [3.05, 3.63) is 62.7 Å². The number of thiophene rings is 1. The third-order valence-corrected chi connectivity index (χ3v) is 6.74. The van der Waals surface area contributed by atoms with Crippen molar-refractivity contribution in [2.24, 2.45) is 0 Å². The fourth-order valence-electron chi connectivity index (χ4n) is 3.85. The molecule has 6 heteroatoms. The molecule has 0 amide bonds. The molecule has 0 bridgehead atoms. The number of aromatic nitrogens is 1. The molecule has 1 unspecified atom stereocenters. The van der Waals surface area contributed by atoms with Crippen LogP contribution < -0.4 is 5.56 Å². The maximum atomic E-state index is 12.4. The molecule has 2 N–H and O–H groups in total. The van der Waals surface area contributed by atoms with Crippen molar-refractivity contribution < 1.29 is 5.11 Å². The molecule has 29 heavy (non-hydrogen) atoms. The predicted molar refractivity (Wildman–Crippen MR) is 124 cm³/mol. The molecule has 0 spiro atoms. The van der Waals surface area contributed by atoms with Crippen LogP contribution in [0.4, 0.5) is 0 Å². The first-order valence-corrected chi connectivity index (χ1v) is 10.9. The Hall–Kier alpha value is -2.34. The summed E-state index contributed by atoms with van der Waals surface area (Å²) in [5.74, 6) is 0.512. The Kier molecular flexibility index (Phi) is 5.38. The highest BCUT2D eigenvalue weighted by Crippen LogP contribution is 2.42. The molecule has 4 aromatic rings. The number of halogens is 1. The second kappa shape index (κ2) is 7.82. The van der Waals surface area contributed by atoms with E-state index in [-0.39, 0.29) is 11.3 Å². The van der Waals surface area contributed by atoms with E-state index < -0.39 is 0 Å². The summed E-state index contributed by atoms with van der Waals surface area (Å²) in [6, 6.07) is 11.7. The molecule has 2 heterocycles. The van der Waals surface area contributed by atoms with E-state index in [4.69, 9.17) is 11.6 Å². The number of nitrogens with zero attached hydrogens (tertiary/aromatic N) is 1. The van der Waals surface area contributed by atoms with Gasteiger partial charge >= 0.3 is 0 Å². The fraction of sp³-hybridized carbons (Fsp3) is 0.261. The van der Waals surface area contributed by atoms with E-state index in [1.54, 1.807) is 0 Å². The molecule has 0 saturated heterocycles. The van der Waals surface area contributed by atoms with Gasteiger partial charge in [-0.15, -0.1) is 11.3 Å². The van der Waals surface area contributed by atoms with Gasteiger partial charge in [-0.1, -0.05) is 49.7 Å². The normalized spacial score (nSPS) is 12.9. The Morgan fingerprint density at radius 2 is 1.97 bits per heavy atom. The minimum absolute atomic E-state index is 0.105. The molecular weight excluding hydrogens is 404 g/mol. The highest BCUT2D eigenvalue weighted by atomic mass is 35.5. The number of likely N-dealkylation sites (N-methyl/N-ethyl adjacent to an activating group) is 1. The minimum Gasteiger partial charge on any atom is -0.507 e. The average Bonchev–Trinajstić information content (AvgIpc) is 3.20. The lowest BCUT2D eigenvalue weighted by Gasteiger charge is -2.20. The van der Waals surface area contributed by atoms with Crippen molar-refractivity contribution in [1.82, 2.24) is 9.88 Å². The minimum atomic E-state index is -0.162. The Balaban J connectivity index is 1.88. The van der Waals surface area contributed by atoms with E-state index in [0.29, 0.717) is 26.7 Å². The highest BCUT2D eigenvalue weighted by molar-refractivity contribution is 7.17. The number of fused-ring (bicyclic) bond motifs is 3. The van der Waals surface area contributed by atoms with Gasteiger partial charge in [-0.3, -0.25) is 4.79 Å². The molecular formula is C23H23ClN2O2S. The maximum absolute atomic E-state index is 12.4. The molecule has 0 aliphatic carbocycles. The molecule has 0 aliphatic heterocycles. The molecule has 2 aromatic heterocycles. The van der Waals surface area contributed by atoms with Gasteiger partial charge in [0.05, 0.1) is 10.5 Å². The van der Waals surface area contributed by atoms with Crippen molar-refractivity contribution in [3.63, 3.8) is 0 Å². The zero-order valence-corrected chi connectivity index (χ0v) is 18.2. The summed E-state index contributed by atoms with van der Waals surface area (Å²) in [5.41, 5.74) is 3.22. The number of hydrogen-bond acceptors (Lipinski definition) is 4. The number of pyridine rings is 1. The first kappa shape index (κ1) is 20.0. The van der Waals surface area contributed by atoms with E-state index >= 15 is 0 Å². The van der Waals surface area contributed by atoms with Gasteiger partial charge in [0.2, 0.25) is 0 Å². The van der Waals surface area contributed by atoms with Gasteiger partial charge < -0.3 is 15.0 Å². The summed E-state index contributed by atoms with van der Waals surface area (Å²) < 4.78 is 0.633. The summed E-state index contributed by atoms with van der Waals surface area (Å²) in [4.78, 5) is 17.6. The number of benzene rings is 2. The lowest BCUT2D eigenvalue weighted by Crippen LogP contribution is -2.22. The SMILES string of the molecule is CCN(C)CC(C)c1ccc(-c2c(O)cc(Cl)c3[nH]c(=O)c4sccc4c23)cc1. The van der Waals surface area contributed by atoms with Crippen LogP contribution in [0.15, 0.2) is 46.6 Å². The second-order valence-corrected chi connectivity index (χ2v) is 8.82. The summed E-state index contributed by atoms with van der Waals surface area (Å²) in [6.45, 7) is 6.37. The molecule has 0 saturated carbocycles. The van der Waals surface area contributed by atoms with Crippen LogP contribution in [0.25, 0.3) is 32.1 Å². The lowest BCUT2D eigenvalue weighted by molar-refractivity contribution is 0.333. The van der Waals surface area contributed by atoms with E-state index in [9.17, 15) is 9.90 Å².